The van der Waals surface area contributed by atoms with Gasteiger partial charge in [0.15, 0.2) is 0 Å². The number of carbonyl (C=O) groups is 4. The molecule has 318 valence electrons. The van der Waals surface area contributed by atoms with Crippen molar-refractivity contribution in [2.24, 2.45) is 10.9 Å². The highest BCUT2D eigenvalue weighted by Crippen LogP contribution is 2.48. The number of nitrogens with one attached hydrogen (secondary N) is 3. The maximum atomic E-state index is 13.9. The van der Waals surface area contributed by atoms with Gasteiger partial charge in [-0.15, -0.1) is 34.9 Å². The molecule has 3 atom stereocenters. The number of methoxy groups -OCH3 is 1. The summed E-state index contributed by atoms with van der Waals surface area (Å²) in [5.74, 6) is -0.448. The van der Waals surface area contributed by atoms with Gasteiger partial charge in [0.05, 0.1) is 30.9 Å². The van der Waals surface area contributed by atoms with Crippen LogP contribution in [0.5, 0.6) is 0 Å². The van der Waals surface area contributed by atoms with E-state index in [0.717, 1.165) is 5.75 Å². The lowest BCUT2D eigenvalue weighted by atomic mass is 9.84. The van der Waals surface area contributed by atoms with E-state index in [-0.39, 0.29) is 18.9 Å². The monoisotopic (exact) mass is 869 g/mol. The van der Waals surface area contributed by atoms with Crippen LogP contribution in [0.3, 0.4) is 0 Å². The average molecular weight is 870 g/mol. The van der Waals surface area contributed by atoms with Crippen LogP contribution in [0.15, 0.2) is 114 Å². The maximum absolute atomic E-state index is 13.9. The van der Waals surface area contributed by atoms with Gasteiger partial charge in [0, 0.05) is 11.1 Å². The quantitative estimate of drug-likeness (QED) is 0.0389. The number of benzene rings is 3. The van der Waals surface area contributed by atoms with Gasteiger partial charge in [-0.1, -0.05) is 117 Å². The third-order valence-corrected chi connectivity index (χ3v) is 13.3. The number of thioether (sulfide) groups is 2. The number of hydrogen-bond donors (Lipinski definition) is 3. The minimum absolute atomic E-state index is 0.0719. The number of hydrogen-bond acceptors (Lipinski definition) is 11. The van der Waals surface area contributed by atoms with E-state index in [9.17, 15) is 19.2 Å². The number of aliphatic imine (C=N–C) groups is 1. The summed E-state index contributed by atoms with van der Waals surface area (Å²) in [6, 6.07) is 29.9. The molecule has 4 aromatic rings. The van der Waals surface area contributed by atoms with E-state index in [2.05, 4.69) is 93.7 Å². The van der Waals surface area contributed by atoms with Crippen LogP contribution in [0, 0.1) is 5.92 Å². The number of nitrogens with zero attached hydrogens (tertiary/aromatic N) is 2. The summed E-state index contributed by atoms with van der Waals surface area (Å²) in [6.45, 7) is 11.0. The van der Waals surface area contributed by atoms with Gasteiger partial charge >= 0.3 is 12.1 Å². The number of amides is 3. The van der Waals surface area contributed by atoms with Gasteiger partial charge in [0.25, 0.3) is 0 Å². The Labute approximate surface area is 366 Å². The molecule has 3 N–H and O–H groups in total. The van der Waals surface area contributed by atoms with E-state index in [0.29, 0.717) is 27.9 Å². The molecule has 0 aliphatic carbocycles. The molecule has 1 aliphatic heterocycles. The van der Waals surface area contributed by atoms with Crippen molar-refractivity contribution in [3.8, 4) is 0 Å². The highest BCUT2D eigenvalue weighted by atomic mass is 32.2. The predicted molar refractivity (Wildman–Crippen MR) is 243 cm³/mol. The third-order valence-electron chi connectivity index (χ3n) is 9.57. The number of rotatable bonds is 18. The first kappa shape index (κ1) is 46.2. The predicted octanol–water partition coefficient (Wildman–Crippen LogP) is 8.28. The van der Waals surface area contributed by atoms with Gasteiger partial charge in [-0.3, -0.25) is 19.4 Å². The molecule has 11 nitrogen and oxygen atoms in total. The SMILES string of the molecule is COC(=O)CC(C=CCCSC(c1ccccc1)(c1ccccc1)c1ccccc1)NC(=O)C(NC(=O)[C@]1(C)CSC(c2csc(CNC(=O)OC(C)(C)C)n2)=N1)C(C)C. The molecule has 60 heavy (non-hydrogen) atoms. The second-order valence-corrected chi connectivity index (χ2v) is 19.1. The molecular weight excluding hydrogens is 815 g/mol. The van der Waals surface area contributed by atoms with Gasteiger partial charge in [0.1, 0.15) is 32.9 Å². The summed E-state index contributed by atoms with van der Waals surface area (Å²) in [4.78, 5) is 61.7. The standard InChI is InChI=1S/C46H55N5O6S3/c1-31(2)39(50-42(54)45(6)30-59-41(51-45)36-29-58-37(49-36)28-47-43(55)57-44(3,4)5)40(53)48-35(27-38(52)56-7)25-17-18-26-60-46(32-19-11-8-12-20-32,33-21-13-9-14-22-33)34-23-15-10-16-24-34/h8-17,19-25,29,31,35,39H,18,26-28,30H2,1-7H3,(H,47,55)(H,48,53)(H,50,54)/t35?,39?,45-/m0/s1. The Kier molecular flexibility index (Phi) is 16.2. The van der Waals surface area contributed by atoms with Crippen molar-refractivity contribution in [1.82, 2.24) is 20.9 Å². The zero-order chi connectivity index (χ0) is 43.3. The van der Waals surface area contributed by atoms with Crippen molar-refractivity contribution in [3.05, 3.63) is 136 Å². The average Bonchev–Trinajstić information content (AvgIpc) is 3.88. The third kappa shape index (κ3) is 12.3. The molecule has 1 aliphatic rings. The minimum Gasteiger partial charge on any atom is -0.469 e. The summed E-state index contributed by atoms with van der Waals surface area (Å²) >= 11 is 4.61. The van der Waals surface area contributed by atoms with E-state index in [1.807, 2.05) is 61.3 Å². The number of ether oxygens (including phenoxy) is 2. The molecule has 1 aromatic heterocycles. The first-order valence-electron chi connectivity index (χ1n) is 19.9. The van der Waals surface area contributed by atoms with E-state index >= 15 is 0 Å². The van der Waals surface area contributed by atoms with Crippen molar-refractivity contribution in [1.29, 1.82) is 0 Å². The van der Waals surface area contributed by atoms with E-state index < -0.39 is 51.8 Å². The van der Waals surface area contributed by atoms with Crippen molar-refractivity contribution in [3.63, 3.8) is 0 Å². The number of carbonyl (C=O) groups excluding carboxylic acids is 4. The fourth-order valence-corrected chi connectivity index (χ4v) is 9.93. The van der Waals surface area contributed by atoms with Crippen LogP contribution in [-0.4, -0.2) is 75.7 Å². The number of alkyl carbamates (subject to hydrolysis) is 1. The zero-order valence-electron chi connectivity index (χ0n) is 35.2. The lowest BCUT2D eigenvalue weighted by Gasteiger charge is -2.35. The summed E-state index contributed by atoms with van der Waals surface area (Å²) < 4.78 is 9.82. The lowest BCUT2D eigenvalue weighted by molar-refractivity contribution is -0.141. The Balaban J connectivity index is 1.24. The van der Waals surface area contributed by atoms with Gasteiger partial charge in [-0.25, -0.2) is 9.78 Å². The van der Waals surface area contributed by atoms with Crippen LogP contribution in [0.2, 0.25) is 0 Å². The van der Waals surface area contributed by atoms with Crippen LogP contribution < -0.4 is 16.0 Å². The van der Waals surface area contributed by atoms with Crippen LogP contribution in [0.1, 0.15) is 81.8 Å². The Morgan fingerprint density at radius 1 is 0.900 bits per heavy atom. The molecule has 0 radical (unpaired) electrons. The van der Waals surface area contributed by atoms with Crippen LogP contribution >= 0.6 is 34.9 Å². The molecule has 0 bridgehead atoms. The summed E-state index contributed by atoms with van der Waals surface area (Å²) in [6.07, 6.45) is 3.88. The molecule has 0 saturated carbocycles. The Hall–Kier alpha value is -4.92. The molecule has 0 saturated heterocycles. The largest absolute Gasteiger partial charge is 0.469 e. The molecule has 2 unspecified atom stereocenters. The summed E-state index contributed by atoms with van der Waals surface area (Å²) in [5.41, 5.74) is 2.36. The van der Waals surface area contributed by atoms with Crippen LogP contribution in [0.25, 0.3) is 0 Å². The summed E-state index contributed by atoms with van der Waals surface area (Å²) in [7, 11) is 1.32. The van der Waals surface area contributed by atoms with Gasteiger partial charge in [-0.05, 0) is 62.5 Å². The van der Waals surface area contributed by atoms with E-state index in [1.54, 1.807) is 27.7 Å². The second kappa shape index (κ2) is 21.0. The first-order chi connectivity index (χ1) is 28.6. The van der Waals surface area contributed by atoms with Gasteiger partial charge < -0.3 is 25.4 Å². The van der Waals surface area contributed by atoms with Crippen molar-refractivity contribution >= 4 is 63.8 Å². The molecule has 3 amide bonds. The highest BCUT2D eigenvalue weighted by molar-refractivity contribution is 8.14. The number of thiazole rings is 1. The lowest BCUT2D eigenvalue weighted by Crippen LogP contribution is -2.56. The summed E-state index contributed by atoms with van der Waals surface area (Å²) in [5, 5.41) is 11.8. The zero-order valence-corrected chi connectivity index (χ0v) is 37.7. The van der Waals surface area contributed by atoms with Crippen molar-refractivity contribution in [2.45, 2.75) is 88.9 Å². The van der Waals surface area contributed by atoms with Gasteiger partial charge in [0.2, 0.25) is 11.8 Å². The van der Waals surface area contributed by atoms with E-state index in [1.165, 1.54) is 46.9 Å². The normalized spacial score (nSPS) is 16.5. The van der Waals surface area contributed by atoms with E-state index in [4.69, 9.17) is 14.5 Å². The maximum Gasteiger partial charge on any atom is 0.408 e. The highest BCUT2D eigenvalue weighted by Gasteiger charge is 2.41. The molecule has 2 heterocycles. The Morgan fingerprint density at radius 2 is 1.48 bits per heavy atom. The molecule has 0 fully saturated rings. The molecule has 3 aromatic carbocycles. The molecular formula is C46H55N5O6S3. The fourth-order valence-electron chi connectivity index (χ4n) is 6.54. The van der Waals surface area contributed by atoms with Crippen LogP contribution in [0.4, 0.5) is 4.79 Å². The number of esters is 1. The molecule has 0 spiro atoms. The van der Waals surface area contributed by atoms with Crippen LogP contribution in [-0.2, 0) is 35.1 Å². The van der Waals surface area contributed by atoms with Crippen molar-refractivity contribution in [2.75, 3.05) is 18.6 Å². The Morgan fingerprint density at radius 3 is 2.02 bits per heavy atom. The topological polar surface area (TPSA) is 148 Å². The minimum atomic E-state index is -1.15. The number of allylic oxidation sites excluding steroid dienone is 1. The van der Waals surface area contributed by atoms with Crippen molar-refractivity contribution < 1.29 is 28.7 Å². The molecule has 14 heteroatoms. The van der Waals surface area contributed by atoms with Gasteiger partial charge in [-0.2, -0.15) is 0 Å². The molecule has 5 rings (SSSR count). The second-order valence-electron chi connectivity index (χ2n) is 15.9. The fraction of sp³-hybridized carbons (Fsp3) is 0.391. The number of aromatic nitrogens is 1. The first-order valence-corrected chi connectivity index (χ1v) is 22.8. The Bertz CT molecular complexity index is 2020. The smallest absolute Gasteiger partial charge is 0.408 e.